The second kappa shape index (κ2) is 6.37. The molecular formula is C16H21N3O. The Bertz CT molecular complexity index is 646. The van der Waals surface area contributed by atoms with E-state index in [1.807, 2.05) is 12.1 Å². The molecule has 0 aliphatic rings. The number of anilines is 2. The van der Waals surface area contributed by atoms with Crippen LogP contribution in [-0.2, 0) is 6.42 Å². The summed E-state index contributed by atoms with van der Waals surface area (Å²) in [4.78, 5) is 18.8. The predicted octanol–water partition coefficient (Wildman–Crippen LogP) is 3.47. The van der Waals surface area contributed by atoms with Crippen molar-refractivity contribution in [2.24, 2.45) is 0 Å². The smallest absolute Gasteiger partial charge is 0.252 e. The Labute approximate surface area is 119 Å². The van der Waals surface area contributed by atoms with Crippen LogP contribution in [0, 0.1) is 13.8 Å². The van der Waals surface area contributed by atoms with Gasteiger partial charge in [0.05, 0.1) is 0 Å². The van der Waals surface area contributed by atoms with Crippen LogP contribution < -0.4 is 10.9 Å². The van der Waals surface area contributed by atoms with E-state index in [9.17, 15) is 4.79 Å². The van der Waals surface area contributed by atoms with Gasteiger partial charge in [0.15, 0.2) is 0 Å². The molecule has 1 heterocycles. The predicted molar refractivity (Wildman–Crippen MR) is 82.7 cm³/mol. The van der Waals surface area contributed by atoms with Crippen molar-refractivity contribution in [2.45, 2.75) is 40.0 Å². The Morgan fingerprint density at radius 1 is 1.20 bits per heavy atom. The van der Waals surface area contributed by atoms with Crippen LogP contribution in [0.15, 0.2) is 29.1 Å². The van der Waals surface area contributed by atoms with Crippen LogP contribution in [0.25, 0.3) is 0 Å². The molecule has 2 N–H and O–H groups in total. The monoisotopic (exact) mass is 271 g/mol. The van der Waals surface area contributed by atoms with E-state index in [1.165, 1.54) is 11.1 Å². The van der Waals surface area contributed by atoms with E-state index < -0.39 is 0 Å². The number of aromatic amines is 1. The fourth-order valence-electron chi connectivity index (χ4n) is 2.01. The molecule has 4 nitrogen and oxygen atoms in total. The molecule has 0 fully saturated rings. The third-order valence-electron chi connectivity index (χ3n) is 3.35. The highest BCUT2D eigenvalue weighted by Crippen LogP contribution is 2.17. The third kappa shape index (κ3) is 3.70. The summed E-state index contributed by atoms with van der Waals surface area (Å²) in [6.45, 7) is 6.26. The van der Waals surface area contributed by atoms with E-state index in [1.54, 1.807) is 6.07 Å². The number of hydrogen-bond donors (Lipinski definition) is 2. The second-order valence-corrected chi connectivity index (χ2v) is 5.11. The van der Waals surface area contributed by atoms with Gasteiger partial charge in [-0.25, -0.2) is 4.98 Å². The van der Waals surface area contributed by atoms with Gasteiger partial charge in [-0.15, -0.1) is 0 Å². The quantitative estimate of drug-likeness (QED) is 0.875. The zero-order valence-electron chi connectivity index (χ0n) is 12.3. The van der Waals surface area contributed by atoms with Gasteiger partial charge in [0.1, 0.15) is 0 Å². The lowest BCUT2D eigenvalue weighted by molar-refractivity contribution is 0.772. The van der Waals surface area contributed by atoms with Gasteiger partial charge in [-0.05, 0) is 49.9 Å². The molecule has 0 saturated carbocycles. The van der Waals surface area contributed by atoms with Crippen molar-refractivity contribution < 1.29 is 0 Å². The van der Waals surface area contributed by atoms with Gasteiger partial charge in [0.2, 0.25) is 5.95 Å². The number of unbranched alkanes of at least 4 members (excludes halogenated alkanes) is 1. The molecule has 4 heteroatoms. The molecule has 2 rings (SSSR count). The summed E-state index contributed by atoms with van der Waals surface area (Å²) in [6.07, 6.45) is 2.97. The highest BCUT2D eigenvalue weighted by Gasteiger charge is 2.03. The van der Waals surface area contributed by atoms with Crippen molar-refractivity contribution in [1.29, 1.82) is 0 Å². The van der Waals surface area contributed by atoms with E-state index >= 15 is 0 Å². The largest absolute Gasteiger partial charge is 0.326 e. The number of nitrogens with zero attached hydrogens (tertiary/aromatic N) is 1. The molecule has 2 aromatic rings. The van der Waals surface area contributed by atoms with Crippen LogP contribution in [0.3, 0.4) is 0 Å². The Balaban J connectivity index is 2.21. The molecule has 0 aliphatic carbocycles. The molecule has 1 aromatic heterocycles. The van der Waals surface area contributed by atoms with E-state index in [2.05, 4.69) is 42.1 Å². The van der Waals surface area contributed by atoms with Crippen LogP contribution >= 0.6 is 0 Å². The second-order valence-electron chi connectivity index (χ2n) is 5.11. The highest BCUT2D eigenvalue weighted by atomic mass is 16.1. The molecule has 106 valence electrons. The summed E-state index contributed by atoms with van der Waals surface area (Å²) in [5.74, 6) is 0.506. The van der Waals surface area contributed by atoms with E-state index in [0.29, 0.717) is 5.95 Å². The minimum Gasteiger partial charge on any atom is -0.326 e. The van der Waals surface area contributed by atoms with Crippen molar-refractivity contribution in [3.05, 3.63) is 51.4 Å². The fraction of sp³-hybridized carbons (Fsp3) is 0.375. The molecule has 1 aromatic carbocycles. The average Bonchev–Trinajstić information content (AvgIpc) is 2.40. The zero-order chi connectivity index (χ0) is 14.5. The first-order chi connectivity index (χ1) is 9.58. The van der Waals surface area contributed by atoms with Crippen LogP contribution in [0.4, 0.5) is 11.6 Å². The molecule has 0 amide bonds. The number of hydrogen-bond acceptors (Lipinski definition) is 3. The molecule has 0 bridgehead atoms. The van der Waals surface area contributed by atoms with Gasteiger partial charge >= 0.3 is 0 Å². The van der Waals surface area contributed by atoms with Crippen molar-refractivity contribution in [3.63, 3.8) is 0 Å². The first kappa shape index (κ1) is 14.3. The SMILES string of the molecule is CCCCc1cc(=O)[nH]c(Nc2ccc(C)c(C)c2)n1. The number of nitrogens with one attached hydrogen (secondary N) is 2. The number of rotatable bonds is 5. The maximum absolute atomic E-state index is 11.6. The average molecular weight is 271 g/mol. The van der Waals surface area contributed by atoms with E-state index in [-0.39, 0.29) is 5.56 Å². The standard InChI is InChI=1S/C16H21N3O/c1-4-5-6-13-10-15(20)19-16(17-13)18-14-8-7-11(2)12(3)9-14/h7-10H,4-6H2,1-3H3,(H2,17,18,19,20). The van der Waals surface area contributed by atoms with Crippen LogP contribution in [0.2, 0.25) is 0 Å². The maximum atomic E-state index is 11.6. The lowest BCUT2D eigenvalue weighted by Crippen LogP contribution is -2.12. The van der Waals surface area contributed by atoms with E-state index in [0.717, 1.165) is 30.6 Å². The molecule has 0 atom stereocenters. The minimum absolute atomic E-state index is 0.113. The normalized spacial score (nSPS) is 10.6. The summed E-state index contributed by atoms with van der Waals surface area (Å²) >= 11 is 0. The molecule has 0 saturated heterocycles. The number of H-pyrrole nitrogens is 1. The van der Waals surface area contributed by atoms with Crippen LogP contribution in [0.1, 0.15) is 36.6 Å². The van der Waals surface area contributed by atoms with Crippen molar-refractivity contribution in [2.75, 3.05) is 5.32 Å². The number of aryl methyl sites for hydroxylation is 3. The summed E-state index contributed by atoms with van der Waals surface area (Å²) < 4.78 is 0. The zero-order valence-corrected chi connectivity index (χ0v) is 12.3. The van der Waals surface area contributed by atoms with Crippen molar-refractivity contribution in [3.8, 4) is 0 Å². The van der Waals surface area contributed by atoms with Gasteiger partial charge in [0, 0.05) is 17.4 Å². The Kier molecular flexibility index (Phi) is 4.56. The van der Waals surface area contributed by atoms with Gasteiger partial charge in [-0.1, -0.05) is 19.4 Å². The molecule has 0 aliphatic heterocycles. The Hall–Kier alpha value is -2.10. The molecule has 0 radical (unpaired) electrons. The van der Waals surface area contributed by atoms with Gasteiger partial charge in [0.25, 0.3) is 5.56 Å². The molecule has 20 heavy (non-hydrogen) atoms. The molecule has 0 spiro atoms. The first-order valence-electron chi connectivity index (χ1n) is 7.03. The topological polar surface area (TPSA) is 57.8 Å². The van der Waals surface area contributed by atoms with Crippen LogP contribution in [0.5, 0.6) is 0 Å². The molecule has 0 unspecified atom stereocenters. The Morgan fingerprint density at radius 3 is 2.70 bits per heavy atom. The minimum atomic E-state index is -0.113. The van der Waals surface area contributed by atoms with Crippen molar-refractivity contribution >= 4 is 11.6 Å². The number of benzene rings is 1. The summed E-state index contributed by atoms with van der Waals surface area (Å²) in [7, 11) is 0. The van der Waals surface area contributed by atoms with Gasteiger partial charge in [-0.3, -0.25) is 9.78 Å². The third-order valence-corrected chi connectivity index (χ3v) is 3.35. The van der Waals surface area contributed by atoms with Gasteiger partial charge in [-0.2, -0.15) is 0 Å². The lowest BCUT2D eigenvalue weighted by atomic mass is 10.1. The lowest BCUT2D eigenvalue weighted by Gasteiger charge is -2.09. The summed E-state index contributed by atoms with van der Waals surface area (Å²) in [5.41, 5.74) is 4.11. The number of aromatic nitrogens is 2. The maximum Gasteiger partial charge on any atom is 0.252 e. The summed E-state index contributed by atoms with van der Waals surface area (Å²) in [5, 5.41) is 3.16. The first-order valence-corrected chi connectivity index (χ1v) is 7.03. The molecular weight excluding hydrogens is 250 g/mol. The van der Waals surface area contributed by atoms with Gasteiger partial charge < -0.3 is 5.32 Å². The fourth-order valence-corrected chi connectivity index (χ4v) is 2.01. The highest BCUT2D eigenvalue weighted by molar-refractivity contribution is 5.55. The van der Waals surface area contributed by atoms with E-state index in [4.69, 9.17) is 0 Å². The van der Waals surface area contributed by atoms with Crippen molar-refractivity contribution in [1.82, 2.24) is 9.97 Å². The summed E-state index contributed by atoms with van der Waals surface area (Å²) in [6, 6.07) is 7.66. The Morgan fingerprint density at radius 2 is 2.00 bits per heavy atom. The van der Waals surface area contributed by atoms with Crippen LogP contribution in [-0.4, -0.2) is 9.97 Å².